The van der Waals surface area contributed by atoms with Crippen LogP contribution in [0.5, 0.6) is 0 Å². The van der Waals surface area contributed by atoms with E-state index in [1.54, 1.807) is 0 Å². The molecule has 0 spiro atoms. The first-order chi connectivity index (χ1) is 13.6. The van der Waals surface area contributed by atoms with Crippen LogP contribution < -0.4 is 4.72 Å². The second-order valence-electron chi connectivity index (χ2n) is 6.86. The molecule has 0 aromatic heterocycles. The standard InChI is InChI=1S/C17H20N4O7S/c1-2-29(27,28)18-11-5-7-19(8-6-11)15(22)10-20-16(23)13-4-3-12(21(25)26)9-14(13)17(20)24/h3-4,9,11,18H,2,5-8,10H2,1H3. The van der Waals surface area contributed by atoms with Crippen molar-refractivity contribution < 1.29 is 27.7 Å². The lowest BCUT2D eigenvalue weighted by Crippen LogP contribution is -2.49. The van der Waals surface area contributed by atoms with Crippen molar-refractivity contribution in [1.29, 1.82) is 0 Å². The third-order valence-electron chi connectivity index (χ3n) is 5.03. The summed E-state index contributed by atoms with van der Waals surface area (Å²) in [4.78, 5) is 49.9. The van der Waals surface area contributed by atoms with Crippen LogP contribution in [0.2, 0.25) is 0 Å². The summed E-state index contributed by atoms with van der Waals surface area (Å²) in [6.45, 7) is 1.66. The fourth-order valence-electron chi connectivity index (χ4n) is 3.36. The molecule has 2 aliphatic heterocycles. The fourth-order valence-corrected chi connectivity index (χ4v) is 4.27. The second-order valence-corrected chi connectivity index (χ2v) is 8.90. The molecule has 3 rings (SSSR count). The molecule has 3 amide bonds. The number of fused-ring (bicyclic) bond motifs is 1. The number of rotatable bonds is 6. The molecule has 0 unspecified atom stereocenters. The van der Waals surface area contributed by atoms with Crippen LogP contribution in [-0.4, -0.2) is 72.3 Å². The van der Waals surface area contributed by atoms with Gasteiger partial charge in [-0.25, -0.2) is 13.1 Å². The summed E-state index contributed by atoms with van der Waals surface area (Å²) in [7, 11) is -3.33. The van der Waals surface area contributed by atoms with Gasteiger partial charge in [0.15, 0.2) is 0 Å². The van der Waals surface area contributed by atoms with Crippen LogP contribution >= 0.6 is 0 Å². The summed E-state index contributed by atoms with van der Waals surface area (Å²) < 4.78 is 25.9. The van der Waals surface area contributed by atoms with Gasteiger partial charge in [-0.2, -0.15) is 0 Å². The summed E-state index contributed by atoms with van der Waals surface area (Å²) in [5.74, 6) is -1.87. The van der Waals surface area contributed by atoms with Gasteiger partial charge in [-0.3, -0.25) is 29.4 Å². The first kappa shape index (κ1) is 20.9. The molecular formula is C17H20N4O7S. The number of non-ortho nitro benzene ring substituents is 1. The number of benzene rings is 1. The summed E-state index contributed by atoms with van der Waals surface area (Å²) in [5.41, 5.74) is -0.375. The molecule has 156 valence electrons. The van der Waals surface area contributed by atoms with E-state index in [0.29, 0.717) is 25.9 Å². The smallest absolute Gasteiger partial charge is 0.270 e. The zero-order chi connectivity index (χ0) is 21.3. The van der Waals surface area contributed by atoms with E-state index in [9.17, 15) is 32.9 Å². The normalized spacial score (nSPS) is 17.6. The Labute approximate surface area is 166 Å². The number of carbonyl (C=O) groups is 3. The van der Waals surface area contributed by atoms with Gasteiger partial charge in [0.05, 0.1) is 21.8 Å². The summed E-state index contributed by atoms with van der Waals surface area (Å²) in [6.07, 6.45) is 0.860. The molecular weight excluding hydrogens is 404 g/mol. The molecule has 0 saturated carbocycles. The molecule has 0 bridgehead atoms. The number of hydrogen-bond donors (Lipinski definition) is 1. The van der Waals surface area contributed by atoms with Crippen LogP contribution in [0.4, 0.5) is 5.69 Å². The SMILES string of the molecule is CCS(=O)(=O)NC1CCN(C(=O)CN2C(=O)c3ccc([N+](=O)[O-])cc3C2=O)CC1. The van der Waals surface area contributed by atoms with Gasteiger partial charge < -0.3 is 4.90 Å². The third kappa shape index (κ3) is 4.27. The minimum absolute atomic E-state index is 0.0238. The minimum Gasteiger partial charge on any atom is -0.341 e. The maximum Gasteiger partial charge on any atom is 0.270 e. The first-order valence-corrected chi connectivity index (χ1v) is 10.7. The lowest BCUT2D eigenvalue weighted by atomic mass is 10.1. The van der Waals surface area contributed by atoms with Gasteiger partial charge >= 0.3 is 0 Å². The second kappa shape index (κ2) is 7.87. The molecule has 11 nitrogen and oxygen atoms in total. The van der Waals surface area contributed by atoms with Crippen LogP contribution in [0.1, 0.15) is 40.5 Å². The Bertz CT molecular complexity index is 983. The number of nitrogens with one attached hydrogen (secondary N) is 1. The summed E-state index contributed by atoms with van der Waals surface area (Å²) in [5, 5.41) is 10.9. The molecule has 0 aliphatic carbocycles. The molecule has 29 heavy (non-hydrogen) atoms. The molecule has 1 aromatic rings. The average Bonchev–Trinajstić information content (AvgIpc) is 2.92. The number of carbonyl (C=O) groups excluding carboxylic acids is 3. The number of nitrogens with zero attached hydrogens (tertiary/aromatic N) is 3. The van der Waals surface area contributed by atoms with E-state index in [2.05, 4.69) is 4.72 Å². The molecule has 0 atom stereocenters. The average molecular weight is 424 g/mol. The van der Waals surface area contributed by atoms with Gasteiger partial charge in [-0.15, -0.1) is 0 Å². The zero-order valence-corrected chi connectivity index (χ0v) is 16.5. The molecule has 1 saturated heterocycles. The largest absolute Gasteiger partial charge is 0.341 e. The van der Waals surface area contributed by atoms with Crippen LogP contribution in [0.15, 0.2) is 18.2 Å². The van der Waals surface area contributed by atoms with Gasteiger partial charge in [-0.1, -0.05) is 0 Å². The van der Waals surface area contributed by atoms with Gasteiger partial charge in [0, 0.05) is 31.3 Å². The van der Waals surface area contributed by atoms with Crippen molar-refractivity contribution in [1.82, 2.24) is 14.5 Å². The van der Waals surface area contributed by atoms with E-state index in [1.807, 2.05) is 0 Å². The van der Waals surface area contributed by atoms with Crippen molar-refractivity contribution in [3.05, 3.63) is 39.4 Å². The lowest BCUT2D eigenvalue weighted by Gasteiger charge is -2.33. The Morgan fingerprint density at radius 1 is 1.21 bits per heavy atom. The van der Waals surface area contributed by atoms with Crippen molar-refractivity contribution in [3.63, 3.8) is 0 Å². The number of likely N-dealkylation sites (tertiary alicyclic amines) is 1. The number of sulfonamides is 1. The number of amides is 3. The predicted molar refractivity (Wildman–Crippen MR) is 101 cm³/mol. The van der Waals surface area contributed by atoms with Crippen molar-refractivity contribution >= 4 is 33.4 Å². The minimum atomic E-state index is -3.33. The zero-order valence-electron chi connectivity index (χ0n) is 15.7. The van der Waals surface area contributed by atoms with Crippen molar-refractivity contribution in [3.8, 4) is 0 Å². The Morgan fingerprint density at radius 3 is 2.41 bits per heavy atom. The van der Waals surface area contributed by atoms with E-state index in [-0.39, 0.29) is 28.6 Å². The van der Waals surface area contributed by atoms with E-state index >= 15 is 0 Å². The lowest BCUT2D eigenvalue weighted by molar-refractivity contribution is -0.384. The van der Waals surface area contributed by atoms with Crippen LogP contribution in [0.25, 0.3) is 0 Å². The maximum atomic E-state index is 12.6. The number of imide groups is 1. The monoisotopic (exact) mass is 424 g/mol. The number of nitro groups is 1. The van der Waals surface area contributed by atoms with Gasteiger partial charge in [0.2, 0.25) is 15.9 Å². The van der Waals surface area contributed by atoms with Gasteiger partial charge in [0.25, 0.3) is 17.5 Å². The highest BCUT2D eigenvalue weighted by Crippen LogP contribution is 2.27. The Kier molecular flexibility index (Phi) is 5.66. The molecule has 2 aliphatic rings. The molecule has 1 aromatic carbocycles. The third-order valence-corrected chi connectivity index (χ3v) is 6.48. The van der Waals surface area contributed by atoms with Crippen molar-refractivity contribution in [2.75, 3.05) is 25.4 Å². The molecule has 2 heterocycles. The fraction of sp³-hybridized carbons (Fsp3) is 0.471. The maximum absolute atomic E-state index is 12.6. The topological polar surface area (TPSA) is 147 Å². The summed E-state index contributed by atoms with van der Waals surface area (Å²) >= 11 is 0. The van der Waals surface area contributed by atoms with Crippen molar-refractivity contribution in [2.24, 2.45) is 0 Å². The molecule has 0 radical (unpaired) electrons. The molecule has 12 heteroatoms. The number of nitro benzene ring substituents is 1. The summed E-state index contributed by atoms with van der Waals surface area (Å²) in [6, 6.07) is 3.12. The Hall–Kier alpha value is -2.86. The van der Waals surface area contributed by atoms with Gasteiger partial charge in [-0.05, 0) is 25.8 Å². The van der Waals surface area contributed by atoms with Crippen LogP contribution in [0, 0.1) is 10.1 Å². The molecule has 1 fully saturated rings. The Balaban J connectivity index is 1.62. The van der Waals surface area contributed by atoms with E-state index in [1.165, 1.54) is 17.9 Å². The number of hydrogen-bond acceptors (Lipinski definition) is 7. The highest BCUT2D eigenvalue weighted by Gasteiger charge is 2.39. The van der Waals surface area contributed by atoms with Crippen LogP contribution in [0.3, 0.4) is 0 Å². The first-order valence-electron chi connectivity index (χ1n) is 9.05. The quantitative estimate of drug-likeness (QED) is 0.387. The predicted octanol–water partition coefficient (Wildman–Crippen LogP) is 0.121. The highest BCUT2D eigenvalue weighted by molar-refractivity contribution is 7.89. The van der Waals surface area contributed by atoms with E-state index in [0.717, 1.165) is 17.0 Å². The highest BCUT2D eigenvalue weighted by atomic mass is 32.2. The van der Waals surface area contributed by atoms with Gasteiger partial charge in [0.1, 0.15) is 6.54 Å². The number of piperidine rings is 1. The Morgan fingerprint density at radius 2 is 1.83 bits per heavy atom. The van der Waals surface area contributed by atoms with E-state index < -0.39 is 39.2 Å². The molecule has 1 N–H and O–H groups in total. The van der Waals surface area contributed by atoms with Crippen LogP contribution in [-0.2, 0) is 14.8 Å². The van der Waals surface area contributed by atoms with Crippen molar-refractivity contribution in [2.45, 2.75) is 25.8 Å². The van der Waals surface area contributed by atoms with E-state index in [4.69, 9.17) is 0 Å².